The fraction of sp³-hybridized carbons (Fsp3) is 0.182. The number of amides is 3. The van der Waals surface area contributed by atoms with Crippen molar-refractivity contribution in [3.05, 3.63) is 28.8 Å². The van der Waals surface area contributed by atoms with Crippen LogP contribution in [-0.2, 0) is 4.79 Å². The van der Waals surface area contributed by atoms with Gasteiger partial charge in [0, 0.05) is 6.42 Å². The van der Waals surface area contributed by atoms with Gasteiger partial charge < -0.3 is 10.4 Å². The minimum absolute atomic E-state index is 0.0171. The molecule has 1 rings (SSSR count). The lowest BCUT2D eigenvalue weighted by Gasteiger charge is -2.08. The lowest BCUT2D eigenvalue weighted by Crippen LogP contribution is -2.33. The molecule has 0 aromatic heterocycles. The van der Waals surface area contributed by atoms with Gasteiger partial charge in [-0.05, 0) is 18.2 Å². The van der Waals surface area contributed by atoms with Gasteiger partial charge in [0.05, 0.1) is 16.3 Å². The molecule has 0 aliphatic carbocycles. The molecule has 0 aliphatic heterocycles. The standard InChI is InChI=1S/C11H11ClN2O4/c1-2-9(15)14-11(18)13-8-5-6(10(16)17)3-4-7(8)12/h3-5H,2H2,1H3,(H,16,17)(H2,13,14,15,18). The van der Waals surface area contributed by atoms with E-state index in [4.69, 9.17) is 16.7 Å². The fourth-order valence-electron chi connectivity index (χ4n) is 1.12. The lowest BCUT2D eigenvalue weighted by molar-refractivity contribution is -0.119. The second kappa shape index (κ2) is 6.02. The minimum atomic E-state index is -1.14. The van der Waals surface area contributed by atoms with Gasteiger partial charge in [-0.3, -0.25) is 10.1 Å². The van der Waals surface area contributed by atoms with E-state index in [0.29, 0.717) is 0 Å². The number of carboxylic acid groups (broad SMARTS) is 1. The second-order valence-corrected chi connectivity index (χ2v) is 3.76. The molecule has 0 aliphatic rings. The largest absolute Gasteiger partial charge is 0.478 e. The monoisotopic (exact) mass is 270 g/mol. The molecule has 0 saturated carbocycles. The molecule has 0 saturated heterocycles. The van der Waals surface area contributed by atoms with E-state index in [9.17, 15) is 14.4 Å². The number of aromatic carboxylic acids is 1. The van der Waals surface area contributed by atoms with E-state index in [-0.39, 0.29) is 22.7 Å². The molecule has 3 amide bonds. The molecule has 1 aromatic carbocycles. The van der Waals surface area contributed by atoms with E-state index >= 15 is 0 Å². The van der Waals surface area contributed by atoms with Crippen molar-refractivity contribution in [2.45, 2.75) is 13.3 Å². The number of rotatable bonds is 3. The summed E-state index contributed by atoms with van der Waals surface area (Å²) in [5, 5.41) is 13.3. The van der Waals surface area contributed by atoms with Gasteiger partial charge in [0.15, 0.2) is 0 Å². The maximum atomic E-state index is 11.4. The molecular weight excluding hydrogens is 260 g/mol. The van der Waals surface area contributed by atoms with Gasteiger partial charge in [0.25, 0.3) is 0 Å². The first kappa shape index (κ1) is 14.0. The van der Waals surface area contributed by atoms with E-state index in [2.05, 4.69) is 10.6 Å². The van der Waals surface area contributed by atoms with Crippen LogP contribution in [0.4, 0.5) is 10.5 Å². The summed E-state index contributed by atoms with van der Waals surface area (Å²) in [7, 11) is 0. The Morgan fingerprint density at radius 2 is 2.00 bits per heavy atom. The Kier molecular flexibility index (Phi) is 4.67. The van der Waals surface area contributed by atoms with E-state index in [1.54, 1.807) is 6.92 Å². The molecule has 7 heteroatoms. The number of carbonyl (C=O) groups excluding carboxylic acids is 2. The number of nitrogens with one attached hydrogen (secondary N) is 2. The zero-order valence-electron chi connectivity index (χ0n) is 9.49. The van der Waals surface area contributed by atoms with Crippen LogP contribution in [-0.4, -0.2) is 23.0 Å². The highest BCUT2D eigenvalue weighted by atomic mass is 35.5. The van der Waals surface area contributed by atoms with Crippen molar-refractivity contribution >= 4 is 35.2 Å². The molecule has 18 heavy (non-hydrogen) atoms. The number of halogens is 1. The van der Waals surface area contributed by atoms with Gasteiger partial charge >= 0.3 is 12.0 Å². The Labute approximate surface area is 108 Å². The number of benzene rings is 1. The molecule has 3 N–H and O–H groups in total. The number of anilines is 1. The van der Waals surface area contributed by atoms with Crippen LogP contribution in [0.25, 0.3) is 0 Å². The normalized spacial score (nSPS) is 9.67. The second-order valence-electron chi connectivity index (χ2n) is 3.36. The molecule has 0 atom stereocenters. The summed E-state index contributed by atoms with van der Waals surface area (Å²) >= 11 is 5.80. The summed E-state index contributed by atoms with van der Waals surface area (Å²) in [6.07, 6.45) is 0.163. The Morgan fingerprint density at radius 1 is 1.33 bits per heavy atom. The number of imide groups is 1. The first-order chi connectivity index (χ1) is 8.43. The number of urea groups is 1. The van der Waals surface area contributed by atoms with Gasteiger partial charge in [-0.1, -0.05) is 18.5 Å². The van der Waals surface area contributed by atoms with E-state index in [0.717, 1.165) is 0 Å². The SMILES string of the molecule is CCC(=O)NC(=O)Nc1cc(C(=O)O)ccc1Cl. The van der Waals surface area contributed by atoms with Crippen LogP contribution in [0.3, 0.4) is 0 Å². The molecule has 0 fully saturated rings. The average Bonchev–Trinajstić information content (AvgIpc) is 2.31. The van der Waals surface area contributed by atoms with Gasteiger partial charge in [-0.15, -0.1) is 0 Å². The van der Waals surface area contributed by atoms with Crippen molar-refractivity contribution in [1.82, 2.24) is 5.32 Å². The average molecular weight is 271 g/mol. The van der Waals surface area contributed by atoms with Crippen LogP contribution in [0.15, 0.2) is 18.2 Å². The Bertz CT molecular complexity index is 502. The smallest absolute Gasteiger partial charge is 0.335 e. The summed E-state index contributed by atoms with van der Waals surface area (Å²) in [5.41, 5.74) is 0.106. The molecule has 0 heterocycles. The quantitative estimate of drug-likeness (QED) is 0.784. The Balaban J connectivity index is 2.83. The highest BCUT2D eigenvalue weighted by Gasteiger charge is 2.11. The van der Waals surface area contributed by atoms with Crippen molar-refractivity contribution in [3.8, 4) is 0 Å². The van der Waals surface area contributed by atoms with Crippen LogP contribution in [0.5, 0.6) is 0 Å². The summed E-state index contributed by atoms with van der Waals surface area (Å²) in [5.74, 6) is -1.59. The Morgan fingerprint density at radius 3 is 2.56 bits per heavy atom. The highest BCUT2D eigenvalue weighted by Crippen LogP contribution is 2.22. The minimum Gasteiger partial charge on any atom is -0.478 e. The van der Waals surface area contributed by atoms with Crippen LogP contribution in [0.2, 0.25) is 5.02 Å². The van der Waals surface area contributed by atoms with Crippen molar-refractivity contribution < 1.29 is 19.5 Å². The van der Waals surface area contributed by atoms with E-state index in [1.165, 1.54) is 18.2 Å². The maximum Gasteiger partial charge on any atom is 0.335 e. The third-order valence-corrected chi connectivity index (χ3v) is 2.37. The molecule has 0 spiro atoms. The van der Waals surface area contributed by atoms with Gasteiger partial charge in [-0.25, -0.2) is 9.59 Å². The molecule has 0 radical (unpaired) electrons. The highest BCUT2D eigenvalue weighted by molar-refractivity contribution is 6.34. The zero-order valence-corrected chi connectivity index (χ0v) is 10.2. The molecule has 1 aromatic rings. The molecule has 0 bridgehead atoms. The maximum absolute atomic E-state index is 11.4. The predicted molar refractivity (Wildman–Crippen MR) is 65.9 cm³/mol. The molecular formula is C11H11ClN2O4. The van der Waals surface area contributed by atoms with Crippen molar-refractivity contribution in [1.29, 1.82) is 0 Å². The third kappa shape index (κ3) is 3.74. The summed E-state index contributed by atoms with van der Waals surface area (Å²) in [4.78, 5) is 33.1. The summed E-state index contributed by atoms with van der Waals surface area (Å²) < 4.78 is 0. The van der Waals surface area contributed by atoms with Crippen LogP contribution < -0.4 is 10.6 Å². The van der Waals surface area contributed by atoms with Crippen LogP contribution in [0, 0.1) is 0 Å². The third-order valence-electron chi connectivity index (χ3n) is 2.04. The number of hydrogen-bond donors (Lipinski definition) is 3. The van der Waals surface area contributed by atoms with Crippen LogP contribution >= 0.6 is 11.6 Å². The van der Waals surface area contributed by atoms with E-state index in [1.807, 2.05) is 0 Å². The molecule has 0 unspecified atom stereocenters. The van der Waals surface area contributed by atoms with Crippen molar-refractivity contribution in [2.24, 2.45) is 0 Å². The van der Waals surface area contributed by atoms with Gasteiger partial charge in [0.2, 0.25) is 5.91 Å². The first-order valence-electron chi connectivity index (χ1n) is 5.07. The summed E-state index contributed by atoms with van der Waals surface area (Å²) in [6.45, 7) is 1.60. The van der Waals surface area contributed by atoms with Crippen LogP contribution in [0.1, 0.15) is 23.7 Å². The molecule has 6 nitrogen and oxygen atoms in total. The van der Waals surface area contributed by atoms with Crippen molar-refractivity contribution in [3.63, 3.8) is 0 Å². The predicted octanol–water partition coefficient (Wildman–Crippen LogP) is 2.10. The fourth-order valence-corrected chi connectivity index (χ4v) is 1.29. The lowest BCUT2D eigenvalue weighted by atomic mass is 10.2. The van der Waals surface area contributed by atoms with Crippen molar-refractivity contribution in [2.75, 3.05) is 5.32 Å². The van der Waals surface area contributed by atoms with Gasteiger partial charge in [0.1, 0.15) is 0 Å². The Hall–Kier alpha value is -2.08. The number of hydrogen-bond acceptors (Lipinski definition) is 3. The topological polar surface area (TPSA) is 95.5 Å². The number of carboxylic acids is 1. The molecule has 96 valence electrons. The van der Waals surface area contributed by atoms with Gasteiger partial charge in [-0.2, -0.15) is 0 Å². The first-order valence-corrected chi connectivity index (χ1v) is 5.45. The zero-order chi connectivity index (χ0) is 13.7. The van der Waals surface area contributed by atoms with E-state index < -0.39 is 17.9 Å². The summed E-state index contributed by atoms with van der Waals surface area (Å²) in [6, 6.07) is 3.11. The number of carbonyl (C=O) groups is 3.